The lowest BCUT2D eigenvalue weighted by Crippen LogP contribution is -2.11. The molecule has 1 aliphatic rings. The Hall–Kier alpha value is -1.13. The first kappa shape index (κ1) is 11.9. The predicted octanol–water partition coefficient (Wildman–Crippen LogP) is 2.99. The third-order valence-electron chi connectivity index (χ3n) is 3.41. The number of hydrogen-bond acceptors (Lipinski definition) is 2. The normalized spacial score (nSPS) is 19.3. The summed E-state index contributed by atoms with van der Waals surface area (Å²) in [5, 5.41) is 3.39. The summed E-state index contributed by atoms with van der Waals surface area (Å²) >= 11 is 3.49. The minimum absolute atomic E-state index is 0.728. The fourth-order valence-electron chi connectivity index (χ4n) is 2.43. The average molecular weight is 306 g/mol. The van der Waals surface area contributed by atoms with Crippen molar-refractivity contribution in [1.82, 2.24) is 15.3 Å². The van der Waals surface area contributed by atoms with Crippen molar-refractivity contribution in [2.75, 3.05) is 13.1 Å². The standard InChI is InChI=1S/C14H16BrN3/c15-12-3-1-2-11(7-12)13-9-17-14(18-13)6-10-4-5-16-8-10/h1-3,7,9-10,16H,4-6,8H2,(H,17,18). The van der Waals surface area contributed by atoms with Gasteiger partial charge >= 0.3 is 0 Å². The summed E-state index contributed by atoms with van der Waals surface area (Å²) in [5.74, 6) is 1.82. The van der Waals surface area contributed by atoms with E-state index in [0.717, 1.165) is 41.4 Å². The van der Waals surface area contributed by atoms with E-state index in [1.54, 1.807) is 0 Å². The number of rotatable bonds is 3. The molecule has 0 aliphatic carbocycles. The number of hydrogen-bond donors (Lipinski definition) is 2. The van der Waals surface area contributed by atoms with Gasteiger partial charge in [0.15, 0.2) is 0 Å². The quantitative estimate of drug-likeness (QED) is 0.915. The smallest absolute Gasteiger partial charge is 0.106 e. The number of nitrogens with one attached hydrogen (secondary N) is 2. The zero-order valence-corrected chi connectivity index (χ0v) is 11.7. The minimum atomic E-state index is 0.728. The van der Waals surface area contributed by atoms with E-state index in [0.29, 0.717) is 0 Å². The van der Waals surface area contributed by atoms with Crippen molar-refractivity contribution in [3.05, 3.63) is 40.8 Å². The zero-order chi connectivity index (χ0) is 12.4. The van der Waals surface area contributed by atoms with E-state index in [1.165, 1.54) is 12.0 Å². The Kier molecular flexibility index (Phi) is 3.48. The zero-order valence-electron chi connectivity index (χ0n) is 10.1. The third kappa shape index (κ3) is 2.65. The summed E-state index contributed by atoms with van der Waals surface area (Å²) in [6.45, 7) is 2.26. The maximum Gasteiger partial charge on any atom is 0.106 e. The lowest BCUT2D eigenvalue weighted by Gasteiger charge is -2.04. The third-order valence-corrected chi connectivity index (χ3v) is 3.90. The minimum Gasteiger partial charge on any atom is -0.342 e. The van der Waals surface area contributed by atoms with Crippen LogP contribution in [0.2, 0.25) is 0 Å². The molecule has 1 saturated heterocycles. The van der Waals surface area contributed by atoms with E-state index in [9.17, 15) is 0 Å². The molecule has 0 bridgehead atoms. The van der Waals surface area contributed by atoms with Crippen LogP contribution in [-0.2, 0) is 6.42 Å². The molecule has 1 aliphatic heterocycles. The molecule has 18 heavy (non-hydrogen) atoms. The summed E-state index contributed by atoms with van der Waals surface area (Å²) in [6, 6.07) is 8.28. The van der Waals surface area contributed by atoms with Gasteiger partial charge in [0, 0.05) is 16.5 Å². The number of halogens is 1. The number of aromatic amines is 1. The molecule has 0 radical (unpaired) electrons. The highest BCUT2D eigenvalue weighted by atomic mass is 79.9. The average Bonchev–Trinajstić information content (AvgIpc) is 3.01. The van der Waals surface area contributed by atoms with Crippen LogP contribution < -0.4 is 5.32 Å². The predicted molar refractivity (Wildman–Crippen MR) is 76.4 cm³/mol. The van der Waals surface area contributed by atoms with Gasteiger partial charge in [-0.05, 0) is 37.6 Å². The van der Waals surface area contributed by atoms with E-state index in [2.05, 4.69) is 43.3 Å². The van der Waals surface area contributed by atoms with Crippen LogP contribution in [-0.4, -0.2) is 23.1 Å². The van der Waals surface area contributed by atoms with Gasteiger partial charge in [0.1, 0.15) is 5.82 Å². The number of H-pyrrole nitrogens is 1. The lowest BCUT2D eigenvalue weighted by molar-refractivity contribution is 0.565. The fraction of sp³-hybridized carbons (Fsp3) is 0.357. The molecule has 3 rings (SSSR count). The van der Waals surface area contributed by atoms with Crippen LogP contribution in [0.25, 0.3) is 11.3 Å². The van der Waals surface area contributed by atoms with Crippen molar-refractivity contribution in [1.29, 1.82) is 0 Å². The van der Waals surface area contributed by atoms with Gasteiger partial charge in [-0.15, -0.1) is 0 Å². The Morgan fingerprint density at radius 3 is 3.11 bits per heavy atom. The van der Waals surface area contributed by atoms with Crippen molar-refractivity contribution in [3.8, 4) is 11.3 Å². The van der Waals surface area contributed by atoms with Crippen molar-refractivity contribution in [2.24, 2.45) is 5.92 Å². The van der Waals surface area contributed by atoms with Crippen LogP contribution in [0.15, 0.2) is 34.9 Å². The van der Waals surface area contributed by atoms with Crippen LogP contribution in [0.5, 0.6) is 0 Å². The number of nitrogens with zero attached hydrogens (tertiary/aromatic N) is 1. The molecule has 1 aromatic heterocycles. The fourth-order valence-corrected chi connectivity index (χ4v) is 2.83. The van der Waals surface area contributed by atoms with Gasteiger partial charge in [0.25, 0.3) is 0 Å². The van der Waals surface area contributed by atoms with Gasteiger partial charge in [-0.1, -0.05) is 28.1 Å². The molecule has 2 N–H and O–H groups in total. The molecule has 3 nitrogen and oxygen atoms in total. The molecule has 2 aromatic rings. The van der Waals surface area contributed by atoms with Crippen molar-refractivity contribution < 1.29 is 0 Å². The Morgan fingerprint density at radius 1 is 1.39 bits per heavy atom. The summed E-state index contributed by atoms with van der Waals surface area (Å²) in [7, 11) is 0. The first-order chi connectivity index (χ1) is 8.81. The molecule has 2 heterocycles. The molecule has 1 aromatic carbocycles. The highest BCUT2D eigenvalue weighted by molar-refractivity contribution is 9.10. The topological polar surface area (TPSA) is 40.7 Å². The van der Waals surface area contributed by atoms with Crippen LogP contribution in [0, 0.1) is 5.92 Å². The monoisotopic (exact) mass is 305 g/mol. The Morgan fingerprint density at radius 2 is 2.33 bits per heavy atom. The maximum absolute atomic E-state index is 4.49. The van der Waals surface area contributed by atoms with Gasteiger partial charge in [0.2, 0.25) is 0 Å². The molecule has 0 saturated carbocycles. The first-order valence-corrected chi connectivity index (χ1v) is 7.11. The number of aromatic nitrogens is 2. The Bertz CT molecular complexity index is 529. The molecule has 0 spiro atoms. The number of imidazole rings is 1. The SMILES string of the molecule is Brc1cccc(-c2cnc(CC3CCNC3)[nH]2)c1. The van der Waals surface area contributed by atoms with E-state index < -0.39 is 0 Å². The lowest BCUT2D eigenvalue weighted by atomic mass is 10.1. The first-order valence-electron chi connectivity index (χ1n) is 6.32. The van der Waals surface area contributed by atoms with Crippen molar-refractivity contribution in [2.45, 2.75) is 12.8 Å². The van der Waals surface area contributed by atoms with Gasteiger partial charge < -0.3 is 10.3 Å². The van der Waals surface area contributed by atoms with Crippen molar-refractivity contribution >= 4 is 15.9 Å². The van der Waals surface area contributed by atoms with Crippen LogP contribution in [0.4, 0.5) is 0 Å². The van der Waals surface area contributed by atoms with E-state index in [1.807, 2.05) is 18.3 Å². The van der Waals surface area contributed by atoms with E-state index in [4.69, 9.17) is 0 Å². The second kappa shape index (κ2) is 5.24. The maximum atomic E-state index is 4.49. The summed E-state index contributed by atoms with van der Waals surface area (Å²) in [5.41, 5.74) is 2.27. The van der Waals surface area contributed by atoms with Crippen molar-refractivity contribution in [3.63, 3.8) is 0 Å². The highest BCUT2D eigenvalue weighted by Gasteiger charge is 2.16. The summed E-state index contributed by atoms with van der Waals surface area (Å²) < 4.78 is 1.09. The molecule has 1 fully saturated rings. The van der Waals surface area contributed by atoms with Crippen LogP contribution >= 0.6 is 15.9 Å². The molecular formula is C14H16BrN3. The van der Waals surface area contributed by atoms with Gasteiger partial charge in [-0.2, -0.15) is 0 Å². The van der Waals surface area contributed by atoms with Gasteiger partial charge in [-0.25, -0.2) is 4.98 Å². The van der Waals surface area contributed by atoms with Gasteiger partial charge in [0.05, 0.1) is 11.9 Å². The summed E-state index contributed by atoms with van der Waals surface area (Å²) in [4.78, 5) is 7.91. The molecule has 0 amide bonds. The highest BCUT2D eigenvalue weighted by Crippen LogP contribution is 2.22. The Labute approximate surface area is 115 Å². The van der Waals surface area contributed by atoms with E-state index >= 15 is 0 Å². The summed E-state index contributed by atoms with van der Waals surface area (Å²) in [6.07, 6.45) is 4.23. The van der Waals surface area contributed by atoms with Gasteiger partial charge in [-0.3, -0.25) is 0 Å². The second-order valence-corrected chi connectivity index (χ2v) is 5.73. The second-order valence-electron chi connectivity index (χ2n) is 4.82. The molecular weight excluding hydrogens is 290 g/mol. The van der Waals surface area contributed by atoms with Crippen LogP contribution in [0.1, 0.15) is 12.2 Å². The number of benzene rings is 1. The van der Waals surface area contributed by atoms with Crippen LogP contribution in [0.3, 0.4) is 0 Å². The van der Waals surface area contributed by atoms with E-state index in [-0.39, 0.29) is 0 Å². The largest absolute Gasteiger partial charge is 0.342 e. The molecule has 1 atom stereocenters. The molecule has 94 valence electrons. The molecule has 1 unspecified atom stereocenters. The molecule has 4 heteroatoms. The Balaban J connectivity index is 1.76.